The first kappa shape index (κ1) is 21.1. The van der Waals surface area contributed by atoms with Gasteiger partial charge in [0.05, 0.1) is 5.69 Å². The van der Waals surface area contributed by atoms with E-state index in [9.17, 15) is 14.0 Å². The quantitative estimate of drug-likeness (QED) is 0.564. The Morgan fingerprint density at radius 1 is 1.16 bits per heavy atom. The highest BCUT2D eigenvalue weighted by Gasteiger charge is 2.30. The van der Waals surface area contributed by atoms with Gasteiger partial charge in [0.2, 0.25) is 0 Å². The third kappa shape index (κ3) is 4.27. The van der Waals surface area contributed by atoms with Crippen molar-refractivity contribution in [2.75, 3.05) is 13.6 Å². The number of thiazole rings is 1. The Labute approximate surface area is 189 Å². The lowest BCUT2D eigenvalue weighted by Gasteiger charge is -2.32. The zero-order valence-electron chi connectivity index (χ0n) is 17.9. The van der Waals surface area contributed by atoms with Gasteiger partial charge in [0.25, 0.3) is 11.8 Å². The summed E-state index contributed by atoms with van der Waals surface area (Å²) in [4.78, 5) is 36.8. The number of carbonyl (C=O) groups is 2. The molecule has 9 heteroatoms. The van der Waals surface area contributed by atoms with Gasteiger partial charge in [0.15, 0.2) is 5.01 Å². The van der Waals surface area contributed by atoms with E-state index in [1.807, 2.05) is 0 Å². The molecular weight excluding hydrogens is 429 g/mol. The first-order chi connectivity index (χ1) is 15.5. The Kier molecular flexibility index (Phi) is 5.69. The topological polar surface area (TPSA) is 90.1 Å². The second-order valence-electron chi connectivity index (χ2n) is 8.74. The lowest BCUT2D eigenvalue weighted by atomic mass is 9.90. The molecule has 0 saturated heterocycles. The fourth-order valence-electron chi connectivity index (χ4n) is 4.60. The van der Waals surface area contributed by atoms with Crippen LogP contribution in [-0.2, 0) is 13.0 Å². The van der Waals surface area contributed by atoms with E-state index in [-0.39, 0.29) is 29.7 Å². The number of hydrogen-bond acceptors (Lipinski definition) is 5. The Balaban J connectivity index is 1.27. The number of benzene rings is 1. The maximum atomic E-state index is 13.5. The van der Waals surface area contributed by atoms with Gasteiger partial charge in [-0.05, 0) is 44.2 Å². The van der Waals surface area contributed by atoms with Gasteiger partial charge in [-0.15, -0.1) is 11.3 Å². The summed E-state index contributed by atoms with van der Waals surface area (Å²) >= 11 is 1.46. The number of halogens is 1. The Morgan fingerprint density at radius 3 is 2.69 bits per heavy atom. The molecule has 1 aliphatic carbocycles. The average molecular weight is 456 g/mol. The minimum atomic E-state index is -0.339. The fourth-order valence-corrected chi connectivity index (χ4v) is 5.69. The summed E-state index contributed by atoms with van der Waals surface area (Å²) in [5.74, 6) is -0.756. The summed E-state index contributed by atoms with van der Waals surface area (Å²) < 4.78 is 13.5. The number of fused-ring (bicyclic) bond motifs is 2. The third-order valence-electron chi connectivity index (χ3n) is 6.34. The molecule has 2 aromatic heterocycles. The highest BCUT2D eigenvalue weighted by molar-refractivity contribution is 7.13. The van der Waals surface area contributed by atoms with Crippen molar-refractivity contribution < 1.29 is 14.0 Å². The molecule has 32 heavy (non-hydrogen) atoms. The zero-order chi connectivity index (χ0) is 22.2. The summed E-state index contributed by atoms with van der Waals surface area (Å²) in [6.07, 6.45) is 4.47. The second-order valence-corrected chi connectivity index (χ2v) is 9.82. The molecule has 0 spiro atoms. The van der Waals surface area contributed by atoms with Crippen molar-refractivity contribution in [2.24, 2.45) is 0 Å². The largest absolute Gasteiger partial charge is 0.351 e. The monoisotopic (exact) mass is 455 g/mol. The van der Waals surface area contributed by atoms with Crippen LogP contribution in [0.3, 0.4) is 0 Å². The highest BCUT2D eigenvalue weighted by Crippen LogP contribution is 2.26. The van der Waals surface area contributed by atoms with Crippen LogP contribution in [-0.4, -0.2) is 52.4 Å². The smallest absolute Gasteiger partial charge is 0.280 e. The van der Waals surface area contributed by atoms with Crippen LogP contribution in [0.15, 0.2) is 24.3 Å². The van der Waals surface area contributed by atoms with E-state index >= 15 is 0 Å². The number of aromatic nitrogens is 2. The van der Waals surface area contributed by atoms with Crippen molar-refractivity contribution in [2.45, 2.75) is 50.7 Å². The normalized spacial score (nSPS) is 21.3. The van der Waals surface area contributed by atoms with E-state index in [4.69, 9.17) is 0 Å². The Morgan fingerprint density at radius 2 is 1.91 bits per heavy atom. The van der Waals surface area contributed by atoms with E-state index in [1.165, 1.54) is 23.5 Å². The fraction of sp³-hybridized carbons (Fsp3) is 0.435. The summed E-state index contributed by atoms with van der Waals surface area (Å²) in [5.41, 5.74) is 2.13. The summed E-state index contributed by atoms with van der Waals surface area (Å²) in [5, 5.41) is 7.34. The van der Waals surface area contributed by atoms with E-state index in [1.54, 1.807) is 12.1 Å². The van der Waals surface area contributed by atoms with Crippen LogP contribution in [0.2, 0.25) is 0 Å². The van der Waals surface area contributed by atoms with Crippen molar-refractivity contribution in [1.29, 1.82) is 0 Å². The van der Waals surface area contributed by atoms with Crippen molar-refractivity contribution in [3.05, 3.63) is 51.4 Å². The molecule has 3 heterocycles. The first-order valence-electron chi connectivity index (χ1n) is 11.0. The molecule has 0 radical (unpaired) electrons. The molecular formula is C23H26FN5O2S. The molecule has 1 fully saturated rings. The molecule has 1 aliphatic heterocycles. The van der Waals surface area contributed by atoms with Crippen LogP contribution in [0.4, 0.5) is 4.39 Å². The molecule has 1 saturated carbocycles. The standard InChI is InChI=1S/C23H26FN5O2S/c1-29-9-8-18-20(12-29)32-23(28-18)22(31)27-17-5-3-2-4-16(17)26-21(30)19-11-13-10-14(24)6-7-15(13)25-19/h6-7,10-11,16-17,25H,2-5,8-9,12H2,1H3,(H,26,30)(H,27,31)/t16-,17-/m1/s1. The molecule has 2 amide bonds. The van der Waals surface area contributed by atoms with Gasteiger partial charge in [-0.1, -0.05) is 12.8 Å². The molecule has 3 N–H and O–H groups in total. The maximum absolute atomic E-state index is 13.5. The minimum Gasteiger partial charge on any atom is -0.351 e. The molecule has 7 nitrogen and oxygen atoms in total. The number of nitrogens with zero attached hydrogens (tertiary/aromatic N) is 2. The van der Waals surface area contributed by atoms with Crippen molar-refractivity contribution in [3.63, 3.8) is 0 Å². The SMILES string of the molecule is CN1CCc2nc(C(=O)N[C@@H]3CCCC[C@H]3NC(=O)c3cc4cc(F)ccc4[nH]3)sc2C1. The van der Waals surface area contributed by atoms with Crippen LogP contribution in [0, 0.1) is 5.82 Å². The Hall–Kier alpha value is -2.78. The van der Waals surface area contributed by atoms with E-state index in [0.717, 1.165) is 55.8 Å². The molecule has 2 aliphatic rings. The number of carbonyl (C=O) groups excluding carboxylic acids is 2. The summed E-state index contributed by atoms with van der Waals surface area (Å²) in [6, 6.07) is 5.73. The van der Waals surface area contributed by atoms with Crippen molar-refractivity contribution >= 4 is 34.1 Å². The van der Waals surface area contributed by atoms with Gasteiger partial charge in [-0.25, -0.2) is 9.37 Å². The number of nitrogens with one attached hydrogen (secondary N) is 3. The van der Waals surface area contributed by atoms with Crippen LogP contribution < -0.4 is 10.6 Å². The number of amides is 2. The lowest BCUT2D eigenvalue weighted by Crippen LogP contribution is -2.53. The third-order valence-corrected chi connectivity index (χ3v) is 7.42. The highest BCUT2D eigenvalue weighted by atomic mass is 32.1. The van der Waals surface area contributed by atoms with Crippen molar-refractivity contribution in [1.82, 2.24) is 25.5 Å². The number of H-pyrrole nitrogens is 1. The molecule has 0 unspecified atom stereocenters. The second kappa shape index (κ2) is 8.63. The molecule has 1 aromatic carbocycles. The van der Waals surface area contributed by atoms with Gasteiger partial charge in [-0.2, -0.15) is 0 Å². The average Bonchev–Trinajstić information content (AvgIpc) is 3.38. The van der Waals surface area contributed by atoms with Crippen LogP contribution in [0.5, 0.6) is 0 Å². The van der Waals surface area contributed by atoms with Crippen LogP contribution in [0.1, 0.15) is 56.5 Å². The van der Waals surface area contributed by atoms with Crippen molar-refractivity contribution in [3.8, 4) is 0 Å². The lowest BCUT2D eigenvalue weighted by molar-refractivity contribution is 0.0860. The van der Waals surface area contributed by atoms with Crippen LogP contribution >= 0.6 is 11.3 Å². The van der Waals surface area contributed by atoms with Gasteiger partial charge >= 0.3 is 0 Å². The molecule has 168 valence electrons. The van der Waals surface area contributed by atoms with Gasteiger partial charge in [-0.3, -0.25) is 9.59 Å². The number of likely N-dealkylation sites (N-methyl/N-ethyl adjacent to an activating group) is 1. The molecule has 3 aromatic rings. The molecule has 0 bridgehead atoms. The summed E-state index contributed by atoms with van der Waals surface area (Å²) in [7, 11) is 2.07. The van der Waals surface area contributed by atoms with E-state index < -0.39 is 0 Å². The van der Waals surface area contributed by atoms with Crippen LogP contribution in [0.25, 0.3) is 10.9 Å². The maximum Gasteiger partial charge on any atom is 0.280 e. The number of rotatable bonds is 4. The van der Waals surface area contributed by atoms with E-state index in [2.05, 4.69) is 32.5 Å². The van der Waals surface area contributed by atoms with Gasteiger partial charge < -0.3 is 20.5 Å². The summed E-state index contributed by atoms with van der Waals surface area (Å²) in [6.45, 7) is 1.78. The predicted molar refractivity (Wildman–Crippen MR) is 121 cm³/mol. The van der Waals surface area contributed by atoms with E-state index in [0.29, 0.717) is 21.6 Å². The number of aromatic amines is 1. The van der Waals surface area contributed by atoms with Gasteiger partial charge in [0, 0.05) is 47.4 Å². The first-order valence-corrected chi connectivity index (χ1v) is 11.8. The molecule has 2 atom stereocenters. The zero-order valence-corrected chi connectivity index (χ0v) is 18.7. The predicted octanol–water partition coefficient (Wildman–Crippen LogP) is 3.22. The molecule has 5 rings (SSSR count). The Bertz CT molecular complexity index is 1170. The number of hydrogen-bond donors (Lipinski definition) is 3. The minimum absolute atomic E-state index is 0.148. The van der Waals surface area contributed by atoms with Gasteiger partial charge in [0.1, 0.15) is 11.5 Å².